The van der Waals surface area contributed by atoms with Crippen molar-refractivity contribution in [1.29, 1.82) is 0 Å². The molecule has 6 heteroatoms. The van der Waals surface area contributed by atoms with Gasteiger partial charge in [-0.1, -0.05) is 0 Å². The molecule has 3 aromatic rings. The van der Waals surface area contributed by atoms with Crippen LogP contribution < -0.4 is 0 Å². The first kappa shape index (κ1) is 17.8. The van der Waals surface area contributed by atoms with E-state index in [1.807, 2.05) is 22.6 Å². The topological polar surface area (TPSA) is 66.8 Å². The van der Waals surface area contributed by atoms with Gasteiger partial charge in [0.25, 0.3) is 0 Å². The quantitative estimate of drug-likeness (QED) is 0.764. The first-order chi connectivity index (χ1) is 13.0. The molecule has 1 aliphatic rings. The van der Waals surface area contributed by atoms with E-state index in [2.05, 4.69) is 36.1 Å². The molecule has 3 heterocycles. The maximum absolute atomic E-state index is 13.0. The minimum absolute atomic E-state index is 0.0398. The second kappa shape index (κ2) is 7.18. The molecule has 1 aromatic carbocycles. The van der Waals surface area contributed by atoms with Crippen molar-refractivity contribution in [3.05, 3.63) is 47.0 Å². The highest BCUT2D eigenvalue weighted by Gasteiger charge is 2.30. The minimum atomic E-state index is 0.0398. The van der Waals surface area contributed by atoms with E-state index in [9.17, 15) is 4.79 Å². The third-order valence-corrected chi connectivity index (χ3v) is 5.72. The van der Waals surface area contributed by atoms with Crippen molar-refractivity contribution < 1.29 is 4.79 Å². The highest BCUT2D eigenvalue weighted by molar-refractivity contribution is 5.78. The molecular formula is C21H27N5O. The van der Waals surface area contributed by atoms with Gasteiger partial charge in [-0.3, -0.25) is 9.48 Å². The summed E-state index contributed by atoms with van der Waals surface area (Å²) in [6, 6.07) is 6.28. The van der Waals surface area contributed by atoms with Gasteiger partial charge in [0.2, 0.25) is 5.91 Å². The van der Waals surface area contributed by atoms with Gasteiger partial charge in [-0.05, 0) is 69.4 Å². The summed E-state index contributed by atoms with van der Waals surface area (Å²) in [5.41, 5.74) is 5.62. The number of nitrogens with zero attached hydrogens (tertiary/aromatic N) is 4. The Hall–Kier alpha value is -2.63. The van der Waals surface area contributed by atoms with Crippen LogP contribution in [-0.4, -0.2) is 37.1 Å². The van der Waals surface area contributed by atoms with Crippen LogP contribution in [0.2, 0.25) is 0 Å². The van der Waals surface area contributed by atoms with Gasteiger partial charge in [-0.25, -0.2) is 4.98 Å². The average Bonchev–Trinajstić information content (AvgIpc) is 3.26. The van der Waals surface area contributed by atoms with Gasteiger partial charge in [0.15, 0.2) is 0 Å². The summed E-state index contributed by atoms with van der Waals surface area (Å²) in [5, 5.41) is 4.28. The fourth-order valence-corrected chi connectivity index (χ4v) is 3.94. The van der Waals surface area contributed by atoms with Crippen molar-refractivity contribution >= 4 is 16.9 Å². The zero-order valence-electron chi connectivity index (χ0n) is 16.3. The first-order valence-corrected chi connectivity index (χ1v) is 9.77. The number of amides is 1. The van der Waals surface area contributed by atoms with Gasteiger partial charge in [0.1, 0.15) is 5.82 Å². The Labute approximate surface area is 159 Å². The molecule has 0 spiro atoms. The third kappa shape index (κ3) is 3.48. The summed E-state index contributed by atoms with van der Waals surface area (Å²) in [5.74, 6) is 1.10. The number of fused-ring (bicyclic) bond motifs is 1. The number of hydrogen-bond acceptors (Lipinski definition) is 3. The smallest absolute Gasteiger partial charge is 0.225 e. The third-order valence-electron chi connectivity index (χ3n) is 5.72. The lowest BCUT2D eigenvalue weighted by Crippen LogP contribution is -2.39. The SMILES string of the molecule is Cc1cc2nc([C@H]3CCCCN3C(=O)CCn3nccc3C)[nH]c2cc1C. The number of likely N-dealkylation sites (tertiary alicyclic amines) is 1. The van der Waals surface area contributed by atoms with Gasteiger partial charge in [-0.15, -0.1) is 0 Å². The number of H-pyrrole nitrogens is 1. The summed E-state index contributed by atoms with van der Waals surface area (Å²) < 4.78 is 1.89. The highest BCUT2D eigenvalue weighted by atomic mass is 16.2. The van der Waals surface area contributed by atoms with Gasteiger partial charge in [0.05, 0.1) is 17.1 Å². The zero-order chi connectivity index (χ0) is 19.0. The van der Waals surface area contributed by atoms with Crippen LogP contribution >= 0.6 is 0 Å². The summed E-state index contributed by atoms with van der Waals surface area (Å²) in [7, 11) is 0. The monoisotopic (exact) mass is 365 g/mol. The van der Waals surface area contributed by atoms with E-state index >= 15 is 0 Å². The summed E-state index contributed by atoms with van der Waals surface area (Å²) in [6.07, 6.45) is 5.40. The number of hydrogen-bond donors (Lipinski definition) is 1. The number of aryl methyl sites for hydroxylation is 4. The molecule has 0 radical (unpaired) electrons. The number of nitrogens with one attached hydrogen (secondary N) is 1. The molecule has 0 bridgehead atoms. The molecule has 4 rings (SSSR count). The van der Waals surface area contributed by atoms with Gasteiger partial charge >= 0.3 is 0 Å². The molecule has 1 fully saturated rings. The lowest BCUT2D eigenvalue weighted by molar-refractivity contribution is -0.135. The Bertz CT molecular complexity index is 931. The van der Waals surface area contributed by atoms with E-state index in [0.717, 1.165) is 48.4 Å². The number of carbonyl (C=O) groups excluding carboxylic acids is 1. The Balaban J connectivity index is 1.55. The molecule has 0 saturated carbocycles. The van der Waals surface area contributed by atoms with Crippen LogP contribution in [0.3, 0.4) is 0 Å². The lowest BCUT2D eigenvalue weighted by atomic mass is 10.0. The van der Waals surface area contributed by atoms with Gasteiger partial charge < -0.3 is 9.88 Å². The number of carbonyl (C=O) groups is 1. The van der Waals surface area contributed by atoms with Crippen molar-refractivity contribution in [1.82, 2.24) is 24.6 Å². The van der Waals surface area contributed by atoms with Crippen LogP contribution in [0.1, 0.15) is 54.4 Å². The van der Waals surface area contributed by atoms with Gasteiger partial charge in [0, 0.05) is 31.4 Å². The van der Waals surface area contributed by atoms with E-state index < -0.39 is 0 Å². The molecule has 1 amide bonds. The van der Waals surface area contributed by atoms with Crippen molar-refractivity contribution in [3.63, 3.8) is 0 Å². The Kier molecular flexibility index (Phi) is 4.72. The van der Waals surface area contributed by atoms with Crippen LogP contribution in [0.15, 0.2) is 24.4 Å². The fourth-order valence-electron chi connectivity index (χ4n) is 3.94. The highest BCUT2D eigenvalue weighted by Crippen LogP contribution is 2.31. The van der Waals surface area contributed by atoms with E-state index in [-0.39, 0.29) is 11.9 Å². The van der Waals surface area contributed by atoms with E-state index in [1.54, 1.807) is 6.20 Å². The molecule has 142 valence electrons. The van der Waals surface area contributed by atoms with E-state index in [1.165, 1.54) is 11.1 Å². The number of benzene rings is 1. The first-order valence-electron chi connectivity index (χ1n) is 9.77. The zero-order valence-corrected chi connectivity index (χ0v) is 16.3. The lowest BCUT2D eigenvalue weighted by Gasteiger charge is -2.34. The molecule has 27 heavy (non-hydrogen) atoms. The van der Waals surface area contributed by atoms with E-state index in [0.29, 0.717) is 13.0 Å². The Morgan fingerprint density at radius 1 is 1.22 bits per heavy atom. The second-order valence-corrected chi connectivity index (χ2v) is 7.62. The van der Waals surface area contributed by atoms with Crippen molar-refractivity contribution in [2.75, 3.05) is 6.54 Å². The van der Waals surface area contributed by atoms with E-state index in [4.69, 9.17) is 4.98 Å². The van der Waals surface area contributed by atoms with Crippen LogP contribution in [0.4, 0.5) is 0 Å². The molecule has 1 saturated heterocycles. The minimum Gasteiger partial charge on any atom is -0.340 e. The number of rotatable bonds is 4. The number of imidazole rings is 1. The average molecular weight is 365 g/mol. The molecule has 0 aliphatic carbocycles. The standard InChI is InChI=1S/C21H27N5O/c1-14-12-17-18(13-15(14)2)24-21(23-17)19-6-4-5-10-25(19)20(27)8-11-26-16(3)7-9-22-26/h7,9,12-13,19H,4-6,8,10-11H2,1-3H3,(H,23,24)/t19-/m1/s1. The molecule has 2 aromatic heterocycles. The van der Waals surface area contributed by atoms with Crippen LogP contribution in [0.5, 0.6) is 0 Å². The normalized spacial score (nSPS) is 17.6. The van der Waals surface area contributed by atoms with Crippen molar-refractivity contribution in [2.24, 2.45) is 0 Å². The largest absolute Gasteiger partial charge is 0.340 e. The molecule has 1 atom stereocenters. The predicted molar refractivity (Wildman–Crippen MR) is 105 cm³/mol. The molecular weight excluding hydrogens is 338 g/mol. The van der Waals surface area contributed by atoms with Crippen molar-refractivity contribution in [3.8, 4) is 0 Å². The van der Waals surface area contributed by atoms with Crippen LogP contribution in [0, 0.1) is 20.8 Å². The number of aromatic nitrogens is 4. The molecule has 0 unspecified atom stereocenters. The van der Waals surface area contributed by atoms with Crippen LogP contribution in [-0.2, 0) is 11.3 Å². The maximum atomic E-state index is 13.0. The molecule has 6 nitrogen and oxygen atoms in total. The maximum Gasteiger partial charge on any atom is 0.225 e. The summed E-state index contributed by atoms with van der Waals surface area (Å²) in [4.78, 5) is 23.3. The van der Waals surface area contributed by atoms with Crippen molar-refractivity contribution in [2.45, 2.75) is 59.0 Å². The predicted octanol–water partition coefficient (Wildman–Crippen LogP) is 3.83. The number of aromatic amines is 1. The Morgan fingerprint density at radius 2 is 2.04 bits per heavy atom. The molecule has 1 aliphatic heterocycles. The summed E-state index contributed by atoms with van der Waals surface area (Å²) in [6.45, 7) is 7.66. The van der Waals surface area contributed by atoms with Crippen LogP contribution in [0.25, 0.3) is 11.0 Å². The summed E-state index contributed by atoms with van der Waals surface area (Å²) >= 11 is 0. The van der Waals surface area contributed by atoms with Gasteiger partial charge in [-0.2, -0.15) is 5.10 Å². The molecule has 1 N–H and O–H groups in total. The number of piperidine rings is 1. The second-order valence-electron chi connectivity index (χ2n) is 7.62. The Morgan fingerprint density at radius 3 is 2.81 bits per heavy atom. The fraction of sp³-hybridized carbons (Fsp3) is 0.476.